The Morgan fingerprint density at radius 1 is 1.00 bits per heavy atom. The molecule has 0 aliphatic heterocycles. The first kappa shape index (κ1) is 20.0. The SMILES string of the molecule is COc1ccc(NC(=O)CCC(=O)N/N=C/c2ccc(N(C)C)cc2)cc1. The van der Waals surface area contributed by atoms with Crippen molar-refractivity contribution in [3.05, 3.63) is 54.1 Å². The number of ether oxygens (including phenoxy) is 1. The number of hydrazone groups is 1. The molecule has 0 unspecified atom stereocenters. The van der Waals surface area contributed by atoms with Crippen molar-refractivity contribution in [3.8, 4) is 5.75 Å². The molecule has 2 N–H and O–H groups in total. The van der Waals surface area contributed by atoms with Gasteiger partial charge in [0, 0.05) is 38.3 Å². The minimum absolute atomic E-state index is 0.0545. The molecule has 0 heterocycles. The lowest BCUT2D eigenvalue weighted by Crippen LogP contribution is -2.20. The Hall–Kier alpha value is -3.35. The van der Waals surface area contributed by atoms with Crippen molar-refractivity contribution in [2.24, 2.45) is 5.10 Å². The molecular formula is C20H24N4O3. The zero-order valence-electron chi connectivity index (χ0n) is 15.7. The van der Waals surface area contributed by atoms with Gasteiger partial charge in [-0.2, -0.15) is 5.10 Å². The fraction of sp³-hybridized carbons (Fsp3) is 0.250. The van der Waals surface area contributed by atoms with Crippen LogP contribution in [0.3, 0.4) is 0 Å². The summed E-state index contributed by atoms with van der Waals surface area (Å²) in [6.07, 6.45) is 1.69. The van der Waals surface area contributed by atoms with Crippen LogP contribution < -0.4 is 20.4 Å². The summed E-state index contributed by atoms with van der Waals surface area (Å²) in [5, 5.41) is 6.64. The van der Waals surface area contributed by atoms with E-state index in [2.05, 4.69) is 15.8 Å². The highest BCUT2D eigenvalue weighted by atomic mass is 16.5. The van der Waals surface area contributed by atoms with Crippen molar-refractivity contribution in [1.82, 2.24) is 5.43 Å². The lowest BCUT2D eigenvalue weighted by Gasteiger charge is -2.11. The van der Waals surface area contributed by atoms with Gasteiger partial charge in [-0.15, -0.1) is 0 Å². The fourth-order valence-corrected chi connectivity index (χ4v) is 2.22. The Bertz CT molecular complexity index is 784. The second kappa shape index (κ2) is 9.96. The molecule has 0 aliphatic carbocycles. The third kappa shape index (κ3) is 6.81. The van der Waals surface area contributed by atoms with Gasteiger partial charge < -0.3 is 15.0 Å². The Kier molecular flexibility index (Phi) is 7.37. The summed E-state index contributed by atoms with van der Waals surface area (Å²) in [7, 11) is 5.51. The average molecular weight is 368 g/mol. The molecule has 0 spiro atoms. The van der Waals surface area contributed by atoms with Crippen molar-refractivity contribution < 1.29 is 14.3 Å². The zero-order valence-corrected chi connectivity index (χ0v) is 15.7. The Morgan fingerprint density at radius 3 is 2.22 bits per heavy atom. The van der Waals surface area contributed by atoms with Crippen molar-refractivity contribution >= 4 is 29.4 Å². The van der Waals surface area contributed by atoms with Gasteiger partial charge in [-0.25, -0.2) is 5.43 Å². The topological polar surface area (TPSA) is 83.0 Å². The standard InChI is InChI=1S/C20H24N4O3/c1-24(2)17-8-4-15(5-9-17)14-21-23-20(26)13-12-19(25)22-16-6-10-18(27-3)11-7-16/h4-11,14H,12-13H2,1-3H3,(H,22,25)(H,23,26)/b21-14+. The van der Waals surface area contributed by atoms with Crippen molar-refractivity contribution in [3.63, 3.8) is 0 Å². The summed E-state index contributed by atoms with van der Waals surface area (Å²) in [5.41, 5.74) is 5.04. The van der Waals surface area contributed by atoms with Gasteiger partial charge in [-0.1, -0.05) is 12.1 Å². The van der Waals surface area contributed by atoms with Crippen LogP contribution in [0.2, 0.25) is 0 Å². The molecule has 7 heteroatoms. The summed E-state index contributed by atoms with van der Waals surface area (Å²) in [4.78, 5) is 25.7. The lowest BCUT2D eigenvalue weighted by molar-refractivity contribution is -0.124. The first-order chi connectivity index (χ1) is 13.0. The smallest absolute Gasteiger partial charge is 0.240 e. The molecule has 0 saturated carbocycles. The van der Waals surface area contributed by atoms with Gasteiger partial charge in [0.15, 0.2) is 0 Å². The van der Waals surface area contributed by atoms with Crippen molar-refractivity contribution in [1.29, 1.82) is 0 Å². The van der Waals surface area contributed by atoms with Gasteiger partial charge in [0.25, 0.3) is 0 Å². The minimum atomic E-state index is -0.318. The number of carbonyl (C=O) groups is 2. The molecule has 0 saturated heterocycles. The maximum atomic E-state index is 11.9. The van der Waals surface area contributed by atoms with E-state index in [1.807, 2.05) is 43.3 Å². The Labute approximate surface area is 159 Å². The monoisotopic (exact) mass is 368 g/mol. The van der Waals surface area contributed by atoms with Crippen molar-refractivity contribution in [2.75, 3.05) is 31.4 Å². The molecule has 142 valence electrons. The van der Waals surface area contributed by atoms with Crippen LogP contribution in [0, 0.1) is 0 Å². The van der Waals surface area contributed by atoms with Gasteiger partial charge in [0.1, 0.15) is 5.75 Å². The molecule has 0 aromatic heterocycles. The van der Waals surface area contributed by atoms with Gasteiger partial charge in [-0.3, -0.25) is 9.59 Å². The quantitative estimate of drug-likeness (QED) is 0.554. The van der Waals surface area contributed by atoms with Crippen LogP contribution in [0.4, 0.5) is 11.4 Å². The van der Waals surface area contributed by atoms with E-state index in [9.17, 15) is 9.59 Å². The third-order valence-electron chi connectivity index (χ3n) is 3.77. The van der Waals surface area contributed by atoms with Crippen molar-refractivity contribution in [2.45, 2.75) is 12.8 Å². The van der Waals surface area contributed by atoms with E-state index in [4.69, 9.17) is 4.74 Å². The van der Waals surface area contributed by atoms with Crippen LogP contribution >= 0.6 is 0 Å². The first-order valence-electron chi connectivity index (χ1n) is 8.51. The van der Waals surface area contributed by atoms with Gasteiger partial charge in [0.05, 0.1) is 13.3 Å². The average Bonchev–Trinajstić information content (AvgIpc) is 2.67. The van der Waals surface area contributed by atoms with Crippen LogP contribution in [0.1, 0.15) is 18.4 Å². The summed E-state index contributed by atoms with van der Waals surface area (Å²) >= 11 is 0. The van der Waals surface area contributed by atoms with Crippen LogP contribution in [0.15, 0.2) is 53.6 Å². The molecule has 2 rings (SSSR count). The maximum Gasteiger partial charge on any atom is 0.240 e. The molecule has 0 bridgehead atoms. The van der Waals surface area contributed by atoms with Gasteiger partial charge in [0.2, 0.25) is 11.8 Å². The van der Waals surface area contributed by atoms with Gasteiger partial charge in [-0.05, 0) is 42.0 Å². The number of nitrogens with one attached hydrogen (secondary N) is 2. The predicted octanol–water partition coefficient (Wildman–Crippen LogP) is 2.63. The normalized spacial score (nSPS) is 10.5. The number of methoxy groups -OCH3 is 1. The fourth-order valence-electron chi connectivity index (χ4n) is 2.22. The summed E-state index contributed by atoms with van der Waals surface area (Å²) in [5.74, 6) is 0.154. The molecule has 2 amide bonds. The van der Waals surface area contributed by atoms with E-state index in [1.165, 1.54) is 0 Å². The number of carbonyl (C=O) groups excluding carboxylic acids is 2. The van der Waals surface area contributed by atoms with E-state index in [1.54, 1.807) is 37.6 Å². The number of anilines is 2. The molecule has 2 aromatic carbocycles. The summed E-state index contributed by atoms with van der Waals surface area (Å²) in [6, 6.07) is 14.7. The molecule has 0 radical (unpaired) electrons. The number of nitrogens with zero attached hydrogens (tertiary/aromatic N) is 2. The van der Waals surface area contributed by atoms with Crippen LogP contribution in [0.5, 0.6) is 5.75 Å². The predicted molar refractivity (Wildman–Crippen MR) is 107 cm³/mol. The molecule has 2 aromatic rings. The number of hydrogen-bond acceptors (Lipinski definition) is 5. The van der Waals surface area contributed by atoms with E-state index in [-0.39, 0.29) is 24.7 Å². The summed E-state index contributed by atoms with van der Waals surface area (Å²) < 4.78 is 5.06. The summed E-state index contributed by atoms with van der Waals surface area (Å²) in [6.45, 7) is 0. The molecule has 0 fully saturated rings. The molecular weight excluding hydrogens is 344 g/mol. The highest BCUT2D eigenvalue weighted by molar-refractivity contribution is 5.93. The molecule has 0 atom stereocenters. The van der Waals surface area contributed by atoms with Crippen LogP contribution in [-0.4, -0.2) is 39.2 Å². The molecule has 0 aliphatic rings. The second-order valence-corrected chi connectivity index (χ2v) is 6.06. The van der Waals surface area contributed by atoms with Crippen LogP contribution in [-0.2, 0) is 9.59 Å². The number of amides is 2. The molecule has 27 heavy (non-hydrogen) atoms. The Balaban J connectivity index is 1.72. The zero-order chi connectivity index (χ0) is 19.6. The Morgan fingerprint density at radius 2 is 1.63 bits per heavy atom. The number of benzene rings is 2. The highest BCUT2D eigenvalue weighted by Crippen LogP contribution is 2.15. The highest BCUT2D eigenvalue weighted by Gasteiger charge is 2.07. The van der Waals surface area contributed by atoms with E-state index in [0.29, 0.717) is 11.4 Å². The largest absolute Gasteiger partial charge is 0.497 e. The van der Waals surface area contributed by atoms with Gasteiger partial charge >= 0.3 is 0 Å². The number of rotatable bonds is 8. The third-order valence-corrected chi connectivity index (χ3v) is 3.77. The first-order valence-corrected chi connectivity index (χ1v) is 8.51. The van der Waals surface area contributed by atoms with E-state index < -0.39 is 0 Å². The van der Waals surface area contributed by atoms with E-state index >= 15 is 0 Å². The van der Waals surface area contributed by atoms with E-state index in [0.717, 1.165) is 11.3 Å². The van der Waals surface area contributed by atoms with Crippen LogP contribution in [0.25, 0.3) is 0 Å². The molecule has 7 nitrogen and oxygen atoms in total. The lowest BCUT2D eigenvalue weighted by atomic mass is 10.2. The second-order valence-electron chi connectivity index (χ2n) is 6.06. The minimum Gasteiger partial charge on any atom is -0.497 e. The maximum absolute atomic E-state index is 11.9. The number of hydrogen-bond donors (Lipinski definition) is 2.